The molecule has 0 aromatic carbocycles. The minimum Gasteiger partial charge on any atom is -0.369 e. The van der Waals surface area contributed by atoms with Crippen LogP contribution in [0.5, 0.6) is 0 Å². The predicted molar refractivity (Wildman–Crippen MR) is 68.6 cm³/mol. The fourth-order valence-corrected chi connectivity index (χ4v) is 2.06. The third-order valence-corrected chi connectivity index (χ3v) is 3.07. The summed E-state index contributed by atoms with van der Waals surface area (Å²) in [4.78, 5) is 0. The minimum atomic E-state index is -3.13. The van der Waals surface area contributed by atoms with Crippen LogP contribution in [-0.2, 0) is 17.1 Å². The first kappa shape index (κ1) is 14.5. The lowest BCUT2D eigenvalue weighted by Crippen LogP contribution is -2.24. The first-order valence-electron chi connectivity index (χ1n) is 5.47. The van der Waals surface area contributed by atoms with Crippen LogP contribution in [0.1, 0.15) is 17.7 Å². The van der Waals surface area contributed by atoms with Gasteiger partial charge >= 0.3 is 0 Å². The maximum atomic E-state index is 10.8. The molecule has 0 bridgehead atoms. The Bertz CT molecular complexity index is 556. The SMILES string of the molecule is Cc1nn(C)c(NCCCNS(C)(=O)=O)c1C#N. The molecule has 7 nitrogen and oxygen atoms in total. The van der Waals surface area contributed by atoms with Crippen LogP contribution in [0.15, 0.2) is 0 Å². The second kappa shape index (κ2) is 5.84. The molecule has 0 amide bonds. The highest BCUT2D eigenvalue weighted by Gasteiger charge is 2.11. The van der Waals surface area contributed by atoms with E-state index in [4.69, 9.17) is 5.26 Å². The van der Waals surface area contributed by atoms with Crippen molar-refractivity contribution in [3.05, 3.63) is 11.3 Å². The van der Waals surface area contributed by atoms with Crippen molar-refractivity contribution in [1.29, 1.82) is 5.26 Å². The van der Waals surface area contributed by atoms with Crippen LogP contribution >= 0.6 is 0 Å². The number of sulfonamides is 1. The third kappa shape index (κ3) is 4.01. The number of hydrogen-bond acceptors (Lipinski definition) is 5. The molecule has 0 aliphatic carbocycles. The lowest BCUT2D eigenvalue weighted by molar-refractivity contribution is 0.586. The van der Waals surface area contributed by atoms with E-state index in [0.717, 1.165) is 6.26 Å². The Morgan fingerprint density at radius 3 is 2.67 bits per heavy atom. The molecule has 1 aromatic rings. The number of rotatable bonds is 6. The van der Waals surface area contributed by atoms with Crippen LogP contribution in [-0.4, -0.2) is 37.5 Å². The molecule has 0 fully saturated rings. The monoisotopic (exact) mass is 271 g/mol. The van der Waals surface area contributed by atoms with Gasteiger partial charge in [0.1, 0.15) is 17.5 Å². The molecule has 2 N–H and O–H groups in total. The van der Waals surface area contributed by atoms with Crippen LogP contribution in [0.4, 0.5) is 5.82 Å². The molecule has 1 heterocycles. The number of aryl methyl sites for hydroxylation is 2. The van der Waals surface area contributed by atoms with E-state index in [1.807, 2.05) is 0 Å². The quantitative estimate of drug-likeness (QED) is 0.707. The van der Waals surface area contributed by atoms with Crippen LogP contribution in [0.2, 0.25) is 0 Å². The zero-order chi connectivity index (χ0) is 13.8. The topological polar surface area (TPSA) is 99.8 Å². The van der Waals surface area contributed by atoms with E-state index in [2.05, 4.69) is 21.2 Å². The van der Waals surface area contributed by atoms with Gasteiger partial charge < -0.3 is 5.32 Å². The third-order valence-electron chi connectivity index (χ3n) is 2.34. The summed E-state index contributed by atoms with van der Waals surface area (Å²) in [5.41, 5.74) is 1.20. The smallest absolute Gasteiger partial charge is 0.208 e. The van der Waals surface area contributed by atoms with Crippen LogP contribution < -0.4 is 10.0 Å². The highest BCUT2D eigenvalue weighted by atomic mass is 32.2. The second-order valence-corrected chi connectivity index (χ2v) is 5.82. The second-order valence-electron chi connectivity index (χ2n) is 3.99. The fraction of sp³-hybridized carbons (Fsp3) is 0.600. The van der Waals surface area contributed by atoms with E-state index < -0.39 is 10.0 Å². The highest BCUT2D eigenvalue weighted by Crippen LogP contribution is 2.16. The van der Waals surface area contributed by atoms with Gasteiger partial charge in [-0.3, -0.25) is 4.68 Å². The lowest BCUT2D eigenvalue weighted by atomic mass is 10.2. The number of aromatic nitrogens is 2. The molecule has 100 valence electrons. The van der Waals surface area contributed by atoms with Gasteiger partial charge in [0, 0.05) is 20.1 Å². The van der Waals surface area contributed by atoms with Gasteiger partial charge in [0.25, 0.3) is 0 Å². The Balaban J connectivity index is 2.48. The zero-order valence-electron chi connectivity index (χ0n) is 10.7. The van der Waals surface area contributed by atoms with E-state index in [1.54, 1.807) is 18.7 Å². The van der Waals surface area contributed by atoms with E-state index in [1.165, 1.54) is 0 Å². The Kier molecular flexibility index (Phi) is 4.69. The normalized spacial score (nSPS) is 11.2. The molecule has 0 atom stereocenters. The first-order valence-corrected chi connectivity index (χ1v) is 7.36. The van der Waals surface area contributed by atoms with Gasteiger partial charge in [-0.1, -0.05) is 0 Å². The largest absolute Gasteiger partial charge is 0.369 e. The van der Waals surface area contributed by atoms with E-state index in [0.29, 0.717) is 36.6 Å². The molecule has 0 radical (unpaired) electrons. The van der Waals surface area contributed by atoms with E-state index >= 15 is 0 Å². The summed E-state index contributed by atoms with van der Waals surface area (Å²) < 4.78 is 25.7. The number of nitriles is 1. The lowest BCUT2D eigenvalue weighted by Gasteiger charge is -2.07. The van der Waals surface area contributed by atoms with Crippen molar-refractivity contribution >= 4 is 15.8 Å². The Hall–Kier alpha value is -1.59. The fourth-order valence-electron chi connectivity index (χ4n) is 1.55. The molecule has 0 aliphatic heterocycles. The summed E-state index contributed by atoms with van der Waals surface area (Å²) in [7, 11) is -1.38. The summed E-state index contributed by atoms with van der Waals surface area (Å²) in [5, 5.41) is 16.2. The summed E-state index contributed by atoms with van der Waals surface area (Å²) in [6.07, 6.45) is 1.75. The van der Waals surface area contributed by atoms with Crippen molar-refractivity contribution in [3.8, 4) is 6.07 Å². The van der Waals surface area contributed by atoms with Crippen LogP contribution in [0.25, 0.3) is 0 Å². The molecule has 0 spiro atoms. The molecular weight excluding hydrogens is 254 g/mol. The Labute approximate surface area is 107 Å². The molecule has 0 unspecified atom stereocenters. The van der Waals surface area contributed by atoms with Gasteiger partial charge in [-0.2, -0.15) is 10.4 Å². The molecule has 1 aromatic heterocycles. The van der Waals surface area contributed by atoms with Gasteiger partial charge in [0.05, 0.1) is 11.9 Å². The maximum Gasteiger partial charge on any atom is 0.208 e. The molecule has 18 heavy (non-hydrogen) atoms. The van der Waals surface area contributed by atoms with Crippen molar-refractivity contribution in [2.24, 2.45) is 7.05 Å². The van der Waals surface area contributed by atoms with Gasteiger partial charge in [-0.25, -0.2) is 13.1 Å². The molecule has 0 aliphatic rings. The van der Waals surface area contributed by atoms with Crippen molar-refractivity contribution < 1.29 is 8.42 Å². The predicted octanol–water partition coefficient (Wildman–Crippen LogP) is -0.0486. The molecular formula is C10H17N5O2S. The van der Waals surface area contributed by atoms with Gasteiger partial charge in [-0.15, -0.1) is 0 Å². The summed E-state index contributed by atoms with van der Waals surface area (Å²) in [6, 6.07) is 2.09. The maximum absolute atomic E-state index is 10.8. The van der Waals surface area contributed by atoms with Gasteiger partial charge in [0.15, 0.2) is 0 Å². The van der Waals surface area contributed by atoms with E-state index in [9.17, 15) is 8.42 Å². The first-order chi connectivity index (χ1) is 8.35. The average molecular weight is 271 g/mol. The highest BCUT2D eigenvalue weighted by molar-refractivity contribution is 7.88. The molecule has 0 saturated heterocycles. The number of nitrogens with one attached hydrogen (secondary N) is 2. The van der Waals surface area contributed by atoms with Crippen molar-refractivity contribution in [3.63, 3.8) is 0 Å². The van der Waals surface area contributed by atoms with Crippen molar-refractivity contribution in [2.75, 3.05) is 24.7 Å². The van der Waals surface area contributed by atoms with Gasteiger partial charge in [-0.05, 0) is 13.3 Å². The average Bonchev–Trinajstić information content (AvgIpc) is 2.51. The molecule has 1 rings (SSSR count). The number of hydrogen-bond donors (Lipinski definition) is 2. The molecule has 0 saturated carbocycles. The van der Waals surface area contributed by atoms with Crippen LogP contribution in [0.3, 0.4) is 0 Å². The Morgan fingerprint density at radius 1 is 1.44 bits per heavy atom. The number of nitrogens with zero attached hydrogens (tertiary/aromatic N) is 3. The summed E-state index contributed by atoms with van der Waals surface area (Å²) in [6.45, 7) is 2.70. The summed E-state index contributed by atoms with van der Waals surface area (Å²) in [5.74, 6) is 0.661. The standard InChI is InChI=1S/C10H17N5O2S/c1-8-9(7-11)10(15(2)14-8)12-5-4-6-13-18(3,16)17/h12-13H,4-6H2,1-3H3. The van der Waals surface area contributed by atoms with Crippen LogP contribution in [0, 0.1) is 18.3 Å². The minimum absolute atomic E-state index is 0.366. The number of anilines is 1. The zero-order valence-corrected chi connectivity index (χ0v) is 11.5. The Morgan fingerprint density at radius 2 is 2.11 bits per heavy atom. The van der Waals surface area contributed by atoms with E-state index in [-0.39, 0.29) is 0 Å². The van der Waals surface area contributed by atoms with Gasteiger partial charge in [0.2, 0.25) is 10.0 Å². The van der Waals surface area contributed by atoms with Crippen molar-refractivity contribution in [2.45, 2.75) is 13.3 Å². The van der Waals surface area contributed by atoms with Crippen molar-refractivity contribution in [1.82, 2.24) is 14.5 Å². The summed E-state index contributed by atoms with van der Waals surface area (Å²) >= 11 is 0. The molecule has 8 heteroatoms.